The van der Waals surface area contributed by atoms with Gasteiger partial charge in [-0.25, -0.2) is 9.97 Å². The van der Waals surface area contributed by atoms with E-state index in [0.29, 0.717) is 0 Å². The van der Waals surface area contributed by atoms with Gasteiger partial charge >= 0.3 is 0 Å². The van der Waals surface area contributed by atoms with E-state index in [1.807, 2.05) is 83.1 Å². The summed E-state index contributed by atoms with van der Waals surface area (Å²) in [5.74, 6) is -1.96. The molecule has 9 heterocycles. The molecule has 14 unspecified atom stereocenters. The first-order valence-electron chi connectivity index (χ1n) is 25.6. The average molecular weight is 923 g/mol. The zero-order chi connectivity index (χ0) is 47.1. The highest BCUT2D eigenvalue weighted by Crippen LogP contribution is 2.64. The number of hydrogen-bond acceptors (Lipinski definition) is 10. The van der Waals surface area contributed by atoms with Crippen molar-refractivity contribution in [2.24, 2.45) is 23.7 Å². The third-order valence-electron chi connectivity index (χ3n) is 16.3. The number of nitrogens with one attached hydrogen (secondary N) is 2. The Morgan fingerprint density at radius 1 is 0.397 bits per heavy atom. The summed E-state index contributed by atoms with van der Waals surface area (Å²) in [6, 6.07) is 13.7. The lowest BCUT2D eigenvalue weighted by Gasteiger charge is -2.24. The fraction of sp³-hybridized carbons (Fsp3) is 0.571. The quantitative estimate of drug-likeness (QED) is 0.240. The van der Waals surface area contributed by atoms with Gasteiger partial charge in [0.2, 0.25) is 0 Å². The van der Waals surface area contributed by atoms with E-state index in [4.69, 9.17) is 47.9 Å². The van der Waals surface area contributed by atoms with E-state index in [-0.39, 0.29) is 84.3 Å². The van der Waals surface area contributed by atoms with Crippen LogP contribution < -0.4 is 0 Å². The van der Waals surface area contributed by atoms with Crippen molar-refractivity contribution in [1.82, 2.24) is 19.9 Å². The number of aromatic nitrogens is 4. The largest absolute Gasteiger partial charge is 0.355 e. The van der Waals surface area contributed by atoms with Crippen LogP contribution >= 0.6 is 0 Å². The molecule has 0 radical (unpaired) electrons. The first-order chi connectivity index (χ1) is 32.5. The molecule has 3 aromatic rings. The van der Waals surface area contributed by atoms with Gasteiger partial charge in [-0.1, -0.05) is 52.0 Å². The number of nitrogens with zero attached hydrogens (tertiary/aromatic N) is 2. The summed E-state index contributed by atoms with van der Waals surface area (Å²) in [6.45, 7) is 24.2. The summed E-state index contributed by atoms with van der Waals surface area (Å²) in [5.41, 5.74) is 15.3. The molecular weight excluding hydrogens is 857 g/mol. The molecule has 358 valence electrons. The van der Waals surface area contributed by atoms with Crippen LogP contribution in [0, 0.1) is 23.7 Å². The van der Waals surface area contributed by atoms with Gasteiger partial charge in [0.05, 0.1) is 47.2 Å². The van der Waals surface area contributed by atoms with Crippen LogP contribution in [-0.2, 0) is 37.9 Å². The molecule has 12 heteroatoms. The molecule has 4 saturated heterocycles. The molecule has 0 aromatic carbocycles. The van der Waals surface area contributed by atoms with Crippen molar-refractivity contribution in [3.8, 4) is 0 Å². The van der Waals surface area contributed by atoms with Gasteiger partial charge in [-0.05, 0) is 138 Å². The molecular formula is C56H66N4O8. The van der Waals surface area contributed by atoms with Crippen molar-refractivity contribution in [2.75, 3.05) is 0 Å². The molecule has 12 nitrogen and oxygen atoms in total. The van der Waals surface area contributed by atoms with Gasteiger partial charge in [0.1, 0.15) is 24.4 Å². The van der Waals surface area contributed by atoms with Crippen LogP contribution in [0.25, 0.3) is 44.4 Å². The average Bonchev–Trinajstić information content (AvgIpc) is 4.08. The molecule has 2 N–H and O–H groups in total. The first-order valence-corrected chi connectivity index (χ1v) is 25.6. The van der Waals surface area contributed by atoms with Gasteiger partial charge in [0.25, 0.3) is 0 Å². The van der Waals surface area contributed by atoms with E-state index in [9.17, 15) is 0 Å². The molecule has 6 aliphatic heterocycles. The third-order valence-corrected chi connectivity index (χ3v) is 16.3. The normalized spacial score (nSPS) is 38.8. The van der Waals surface area contributed by atoms with Crippen LogP contribution in [0.15, 0.2) is 60.7 Å². The number of fused-ring (bicyclic) bond motifs is 28. The number of rotatable bonds is 2. The maximum atomic E-state index is 6.67. The Bertz CT molecular complexity index is 2760. The fourth-order valence-electron chi connectivity index (χ4n) is 14.4. The van der Waals surface area contributed by atoms with Crippen molar-refractivity contribution < 1.29 is 37.9 Å². The van der Waals surface area contributed by atoms with Crippen molar-refractivity contribution in [3.05, 3.63) is 94.6 Å². The molecule has 6 aliphatic carbocycles. The summed E-state index contributed by atoms with van der Waals surface area (Å²) >= 11 is 0. The summed E-state index contributed by atoms with van der Waals surface area (Å²) in [7, 11) is 0. The second-order valence-corrected chi connectivity index (χ2v) is 22.2. The third kappa shape index (κ3) is 6.33. The van der Waals surface area contributed by atoms with Crippen molar-refractivity contribution in [2.45, 2.75) is 180 Å². The Kier molecular flexibility index (Phi) is 9.44. The molecule has 14 atom stereocenters. The Balaban J connectivity index is 0.00000112. The minimum absolute atomic E-state index is 0.0114. The van der Waals surface area contributed by atoms with E-state index in [1.54, 1.807) is 0 Å². The van der Waals surface area contributed by atoms with Gasteiger partial charge in [-0.15, -0.1) is 0 Å². The fourth-order valence-corrected chi connectivity index (χ4v) is 14.4. The molecule has 3 aromatic heterocycles. The molecule has 68 heavy (non-hydrogen) atoms. The van der Waals surface area contributed by atoms with Crippen molar-refractivity contribution in [1.29, 1.82) is 0 Å². The smallest absolute Gasteiger partial charge is 0.164 e. The Morgan fingerprint density at radius 2 is 0.721 bits per heavy atom. The van der Waals surface area contributed by atoms with Gasteiger partial charge in [0, 0.05) is 57.6 Å². The molecule has 6 fully saturated rings. The van der Waals surface area contributed by atoms with Gasteiger partial charge < -0.3 is 47.9 Å². The van der Waals surface area contributed by atoms with Crippen LogP contribution in [0.2, 0.25) is 0 Å². The SMILES string of the molecule is CC.CC.CC1(C)OC2C=CC(c3cc4cc5nc(cc6nc(cc7cc(C8C=CC9OC(C)(C)OC98)c(cc3[nH]4)[nH]7)C3=C6C4CC3C3OC(C)(C)OC43)C3=C5C4CC3C3OC(C)(C)OC43)C2O1. The number of hydrogen-bond donors (Lipinski definition) is 2. The van der Waals surface area contributed by atoms with Crippen molar-refractivity contribution >= 4 is 44.4 Å². The summed E-state index contributed by atoms with van der Waals surface area (Å²) in [6.07, 6.45) is 10.2. The van der Waals surface area contributed by atoms with Crippen LogP contribution in [0.4, 0.5) is 0 Å². The molecule has 12 aliphatic rings. The van der Waals surface area contributed by atoms with Crippen LogP contribution in [0.3, 0.4) is 0 Å². The van der Waals surface area contributed by atoms with Gasteiger partial charge in [-0.3, -0.25) is 0 Å². The van der Waals surface area contributed by atoms with E-state index >= 15 is 0 Å². The standard InChI is InChI=1S/C52H54N4O8.2C2H6/c1-49(2)57-37-11-9-23(43(37)59-49)25-13-21-15-33-39-27-17-29(47-45(27)61-51(5,6)63-47)41(39)35(55-33)20-36-42-30-18-28(46-48(30)64-52(7,8)62-46)40(42)34(56-36)16-22-14-26(32(54-22)19-31(25)53-21)24-10-12-38-44(24)60-50(3,4)58-38;2*1-2/h9-16,19-20,23-24,27-30,37-38,43-48,53-54H,17-18H2,1-8H3;2*1-2H3. The maximum Gasteiger partial charge on any atom is 0.164 e. The van der Waals surface area contributed by atoms with E-state index in [1.165, 1.54) is 22.3 Å². The highest BCUT2D eigenvalue weighted by atomic mass is 16.8. The summed E-state index contributed by atoms with van der Waals surface area (Å²) in [5, 5.41) is 0. The first kappa shape index (κ1) is 43.8. The highest BCUT2D eigenvalue weighted by Gasteiger charge is 2.63. The predicted molar refractivity (Wildman–Crippen MR) is 260 cm³/mol. The van der Waals surface area contributed by atoms with Gasteiger partial charge in [0.15, 0.2) is 23.1 Å². The zero-order valence-corrected chi connectivity index (χ0v) is 41.4. The summed E-state index contributed by atoms with van der Waals surface area (Å²) in [4.78, 5) is 19.0. The minimum atomic E-state index is -0.674. The number of ether oxygens (including phenoxy) is 8. The van der Waals surface area contributed by atoms with E-state index < -0.39 is 23.1 Å². The number of aromatic amines is 2. The molecule has 2 saturated carbocycles. The Labute approximate surface area is 398 Å². The Morgan fingerprint density at radius 3 is 1.09 bits per heavy atom. The predicted octanol–water partition coefficient (Wildman–Crippen LogP) is 10.9. The maximum absolute atomic E-state index is 6.67. The Hall–Kier alpha value is -4.24. The molecule has 15 rings (SSSR count). The van der Waals surface area contributed by atoms with Gasteiger partial charge in [-0.2, -0.15) is 0 Å². The lowest BCUT2D eigenvalue weighted by atomic mass is 9.85. The molecule has 0 spiro atoms. The van der Waals surface area contributed by atoms with Crippen LogP contribution in [0.5, 0.6) is 0 Å². The lowest BCUT2D eigenvalue weighted by Crippen LogP contribution is -2.30. The van der Waals surface area contributed by atoms with Crippen LogP contribution in [0.1, 0.15) is 142 Å². The lowest BCUT2D eigenvalue weighted by molar-refractivity contribution is -0.156. The topological polar surface area (TPSA) is 131 Å². The summed E-state index contributed by atoms with van der Waals surface area (Å²) < 4.78 is 52.6. The van der Waals surface area contributed by atoms with E-state index in [2.05, 4.69) is 70.7 Å². The zero-order valence-electron chi connectivity index (χ0n) is 41.4. The second-order valence-electron chi connectivity index (χ2n) is 22.2. The number of H-pyrrole nitrogens is 2. The molecule has 12 bridgehead atoms. The minimum Gasteiger partial charge on any atom is -0.355 e. The van der Waals surface area contributed by atoms with Crippen LogP contribution in [-0.4, -0.2) is 91.9 Å². The van der Waals surface area contributed by atoms with Crippen molar-refractivity contribution in [3.63, 3.8) is 0 Å². The van der Waals surface area contributed by atoms with E-state index in [0.717, 1.165) is 68.8 Å². The second kappa shape index (κ2) is 14.7. The monoisotopic (exact) mass is 922 g/mol. The highest BCUT2D eigenvalue weighted by molar-refractivity contribution is 6.02. The molecule has 0 amide bonds.